The fourth-order valence-electron chi connectivity index (χ4n) is 1.67. The number of aliphatic hydroxyl groups excluding tert-OH is 1. The van der Waals surface area contributed by atoms with E-state index in [0.717, 1.165) is 6.42 Å². The van der Waals surface area contributed by atoms with Crippen molar-refractivity contribution in [3.8, 4) is 6.19 Å². The first kappa shape index (κ1) is 18.5. The average molecular weight is 317 g/mol. The molecule has 0 unspecified atom stereocenters. The van der Waals surface area contributed by atoms with Gasteiger partial charge < -0.3 is 15.7 Å². The lowest BCUT2D eigenvalue weighted by Gasteiger charge is -2.19. The van der Waals surface area contributed by atoms with Crippen molar-refractivity contribution >= 4 is 17.6 Å². The van der Waals surface area contributed by atoms with Gasteiger partial charge in [0.2, 0.25) is 5.96 Å². The Kier molecular flexibility index (Phi) is 7.03. The number of nitrogens with one attached hydrogen (secondary N) is 3. The summed E-state index contributed by atoms with van der Waals surface area (Å²) < 4.78 is 0. The van der Waals surface area contributed by atoms with Crippen molar-refractivity contribution in [2.45, 2.75) is 32.7 Å². The summed E-state index contributed by atoms with van der Waals surface area (Å²) in [6, 6.07) is 6.82. The number of guanidine groups is 1. The van der Waals surface area contributed by atoms with Gasteiger partial charge in [0, 0.05) is 17.8 Å². The van der Waals surface area contributed by atoms with Gasteiger partial charge in [-0.05, 0) is 38.5 Å². The molecule has 124 valence electrons. The second kappa shape index (κ2) is 8.76. The molecule has 0 aliphatic carbocycles. The first-order valence-corrected chi connectivity index (χ1v) is 7.43. The zero-order chi connectivity index (χ0) is 17.3. The van der Waals surface area contributed by atoms with E-state index in [9.17, 15) is 4.79 Å². The maximum absolute atomic E-state index is 11.9. The summed E-state index contributed by atoms with van der Waals surface area (Å²) in [5, 5.41) is 25.7. The van der Waals surface area contributed by atoms with Gasteiger partial charge in [-0.1, -0.05) is 13.0 Å². The largest absolute Gasteiger partial charge is 0.395 e. The number of nitrogens with zero attached hydrogens (tertiary/aromatic N) is 2. The third-order valence-corrected chi connectivity index (χ3v) is 3.24. The van der Waals surface area contributed by atoms with Crippen molar-refractivity contribution in [3.63, 3.8) is 0 Å². The van der Waals surface area contributed by atoms with E-state index in [1.807, 2.05) is 27.0 Å². The number of hydrogen-bond acceptors (Lipinski definition) is 4. The van der Waals surface area contributed by atoms with Gasteiger partial charge in [-0.3, -0.25) is 10.1 Å². The number of nitriles is 1. The molecule has 0 heterocycles. The van der Waals surface area contributed by atoms with Crippen LogP contribution in [0.1, 0.15) is 37.6 Å². The lowest BCUT2D eigenvalue weighted by atomic mass is 10.0. The Hall–Kier alpha value is -2.59. The molecule has 4 N–H and O–H groups in total. The Balaban J connectivity index is 2.93. The Labute approximate surface area is 136 Å². The number of amides is 1. The van der Waals surface area contributed by atoms with Crippen LogP contribution < -0.4 is 16.0 Å². The smallest absolute Gasteiger partial charge is 0.251 e. The molecule has 23 heavy (non-hydrogen) atoms. The SMILES string of the molecule is CCC(C)(C)N=C(NC#N)Nc1cccc(C(=O)NCCO)c1. The molecule has 7 nitrogen and oxygen atoms in total. The molecule has 0 radical (unpaired) electrons. The third-order valence-electron chi connectivity index (χ3n) is 3.24. The predicted octanol–water partition coefficient (Wildman–Crippen LogP) is 1.44. The molecule has 1 aromatic carbocycles. The van der Waals surface area contributed by atoms with Crippen molar-refractivity contribution in [3.05, 3.63) is 29.8 Å². The topological polar surface area (TPSA) is 110 Å². The molecule has 1 aromatic rings. The maximum Gasteiger partial charge on any atom is 0.251 e. The van der Waals surface area contributed by atoms with E-state index < -0.39 is 0 Å². The summed E-state index contributed by atoms with van der Waals surface area (Å²) in [7, 11) is 0. The van der Waals surface area contributed by atoms with Gasteiger partial charge in [0.05, 0.1) is 12.1 Å². The van der Waals surface area contributed by atoms with Crippen molar-refractivity contribution in [1.82, 2.24) is 10.6 Å². The van der Waals surface area contributed by atoms with Gasteiger partial charge in [-0.2, -0.15) is 5.26 Å². The predicted molar refractivity (Wildman–Crippen MR) is 90.0 cm³/mol. The van der Waals surface area contributed by atoms with Crippen LogP contribution in [0.15, 0.2) is 29.3 Å². The van der Waals surface area contributed by atoms with E-state index in [2.05, 4.69) is 20.9 Å². The molecule has 0 saturated heterocycles. The average Bonchev–Trinajstić information content (AvgIpc) is 2.52. The molecule has 0 aliphatic rings. The van der Waals surface area contributed by atoms with Crippen LogP contribution in [0, 0.1) is 11.5 Å². The maximum atomic E-state index is 11.9. The third kappa shape index (κ3) is 6.36. The van der Waals surface area contributed by atoms with Crippen LogP contribution in [-0.2, 0) is 0 Å². The second-order valence-corrected chi connectivity index (χ2v) is 5.55. The van der Waals surface area contributed by atoms with E-state index in [1.165, 1.54) is 0 Å². The van der Waals surface area contributed by atoms with Gasteiger partial charge in [0.15, 0.2) is 6.19 Å². The van der Waals surface area contributed by atoms with Crippen molar-refractivity contribution in [2.75, 3.05) is 18.5 Å². The first-order valence-electron chi connectivity index (χ1n) is 7.43. The molecule has 0 atom stereocenters. The highest BCUT2D eigenvalue weighted by molar-refractivity contribution is 5.98. The first-order chi connectivity index (χ1) is 10.9. The summed E-state index contributed by atoms with van der Waals surface area (Å²) >= 11 is 0. The van der Waals surface area contributed by atoms with Gasteiger partial charge in [-0.15, -0.1) is 0 Å². The Bertz CT molecular complexity index is 605. The fourth-order valence-corrected chi connectivity index (χ4v) is 1.67. The monoisotopic (exact) mass is 317 g/mol. The minimum atomic E-state index is -0.317. The van der Waals surface area contributed by atoms with Crippen LogP contribution >= 0.6 is 0 Å². The van der Waals surface area contributed by atoms with Crippen LogP contribution in [0.5, 0.6) is 0 Å². The molecule has 1 amide bonds. The van der Waals surface area contributed by atoms with E-state index in [1.54, 1.807) is 24.3 Å². The van der Waals surface area contributed by atoms with E-state index in [-0.39, 0.29) is 24.6 Å². The fraction of sp³-hybridized carbons (Fsp3) is 0.438. The minimum absolute atomic E-state index is 0.112. The van der Waals surface area contributed by atoms with Crippen LogP contribution in [0.4, 0.5) is 5.69 Å². The Morgan fingerprint density at radius 2 is 2.17 bits per heavy atom. The zero-order valence-corrected chi connectivity index (χ0v) is 13.7. The summed E-state index contributed by atoms with van der Waals surface area (Å²) in [4.78, 5) is 16.4. The molecule has 7 heteroatoms. The van der Waals surface area contributed by atoms with Gasteiger partial charge in [0.1, 0.15) is 0 Å². The number of anilines is 1. The highest BCUT2D eigenvalue weighted by atomic mass is 16.3. The number of aliphatic imine (C=N–C) groups is 1. The normalized spacial score (nSPS) is 11.5. The molecule has 0 aliphatic heterocycles. The molecule has 0 bridgehead atoms. The molecule has 1 rings (SSSR count). The van der Waals surface area contributed by atoms with Crippen LogP contribution in [-0.4, -0.2) is 35.7 Å². The number of hydrogen-bond donors (Lipinski definition) is 4. The molecule has 0 aromatic heterocycles. The van der Waals surface area contributed by atoms with Gasteiger partial charge >= 0.3 is 0 Å². The van der Waals surface area contributed by atoms with E-state index in [4.69, 9.17) is 10.4 Å². The molecule has 0 spiro atoms. The Morgan fingerprint density at radius 3 is 2.78 bits per heavy atom. The number of carbonyl (C=O) groups excluding carboxylic acids is 1. The number of benzene rings is 1. The standard InChI is InChI=1S/C16H23N5O2/c1-4-16(2,3)21-15(19-11-17)20-13-7-5-6-12(10-13)14(23)18-8-9-22/h5-7,10,22H,4,8-9H2,1-3H3,(H,18,23)(H2,19,20,21). The molecule has 0 saturated carbocycles. The lowest BCUT2D eigenvalue weighted by molar-refractivity contribution is 0.0945. The van der Waals surface area contributed by atoms with Crippen LogP contribution in [0.3, 0.4) is 0 Å². The summed E-state index contributed by atoms with van der Waals surface area (Å²) in [6.45, 7) is 6.03. The molecular weight excluding hydrogens is 294 g/mol. The quantitative estimate of drug-likeness (QED) is 0.275. The summed E-state index contributed by atoms with van der Waals surface area (Å²) in [6.07, 6.45) is 2.66. The highest BCUT2D eigenvalue weighted by Gasteiger charge is 2.15. The minimum Gasteiger partial charge on any atom is -0.395 e. The zero-order valence-electron chi connectivity index (χ0n) is 13.7. The lowest BCUT2D eigenvalue weighted by Crippen LogP contribution is -2.31. The van der Waals surface area contributed by atoms with Crippen molar-refractivity contribution in [1.29, 1.82) is 5.26 Å². The van der Waals surface area contributed by atoms with Crippen LogP contribution in [0.2, 0.25) is 0 Å². The second-order valence-electron chi connectivity index (χ2n) is 5.55. The van der Waals surface area contributed by atoms with Crippen molar-refractivity contribution in [2.24, 2.45) is 4.99 Å². The van der Waals surface area contributed by atoms with Crippen LogP contribution in [0.25, 0.3) is 0 Å². The Morgan fingerprint density at radius 1 is 1.43 bits per heavy atom. The number of rotatable bonds is 6. The summed E-state index contributed by atoms with van der Waals surface area (Å²) in [5.74, 6) is 0.0515. The van der Waals surface area contributed by atoms with E-state index in [0.29, 0.717) is 17.2 Å². The van der Waals surface area contributed by atoms with Crippen molar-refractivity contribution < 1.29 is 9.90 Å². The van der Waals surface area contributed by atoms with Gasteiger partial charge in [-0.25, -0.2) is 4.99 Å². The van der Waals surface area contributed by atoms with Gasteiger partial charge in [0.25, 0.3) is 5.91 Å². The molecular formula is C16H23N5O2. The molecule has 0 fully saturated rings. The van der Waals surface area contributed by atoms with E-state index >= 15 is 0 Å². The summed E-state index contributed by atoms with van der Waals surface area (Å²) in [5.41, 5.74) is 0.770. The number of carbonyl (C=O) groups is 1. The number of aliphatic hydroxyl groups is 1. The highest BCUT2D eigenvalue weighted by Crippen LogP contribution is 2.15.